The van der Waals surface area contributed by atoms with Crippen molar-refractivity contribution in [3.05, 3.63) is 29.6 Å². The molecule has 2 aliphatic heterocycles. The summed E-state index contributed by atoms with van der Waals surface area (Å²) in [6, 6.07) is 2.50. The fraction of sp³-hybridized carbons (Fsp3) is 0.250. The zero-order valence-electron chi connectivity index (χ0n) is 11.0. The summed E-state index contributed by atoms with van der Waals surface area (Å²) in [4.78, 5) is 36.7. The van der Waals surface area contributed by atoms with Crippen molar-refractivity contribution >= 4 is 40.5 Å². The third-order valence-electron chi connectivity index (χ3n) is 3.20. The van der Waals surface area contributed by atoms with Crippen LogP contribution in [0, 0.1) is 0 Å². The zero-order valence-corrected chi connectivity index (χ0v) is 12.6. The molecule has 1 saturated heterocycles. The van der Waals surface area contributed by atoms with Crippen molar-refractivity contribution in [2.24, 2.45) is 5.73 Å². The molecule has 1 aromatic rings. The van der Waals surface area contributed by atoms with Crippen molar-refractivity contribution in [3.63, 3.8) is 0 Å². The molecular weight excluding hydrogens is 328 g/mol. The minimum absolute atomic E-state index is 0.0738. The van der Waals surface area contributed by atoms with E-state index in [0.717, 1.165) is 16.7 Å². The molecule has 0 aliphatic carbocycles. The first-order valence-electron chi connectivity index (χ1n) is 6.17. The van der Waals surface area contributed by atoms with Gasteiger partial charge >= 0.3 is 5.97 Å². The molecule has 0 spiro atoms. The third-order valence-corrected chi connectivity index (χ3v) is 5.36. The Hall–Kier alpha value is -1.91. The van der Waals surface area contributed by atoms with E-state index in [1.54, 1.807) is 12.1 Å². The Morgan fingerprint density at radius 3 is 2.91 bits per heavy atom. The highest BCUT2D eigenvalue weighted by Gasteiger charge is 2.52. The third kappa shape index (κ3) is 2.38. The molecule has 3 heterocycles. The molecule has 1 fully saturated rings. The predicted octanol–water partition coefficient (Wildman–Crippen LogP) is -0.324. The Bertz CT molecular complexity index is 694. The highest BCUT2D eigenvalue weighted by molar-refractivity contribution is 8.14. The summed E-state index contributed by atoms with van der Waals surface area (Å²) in [5, 5.41) is 16.3. The topological polar surface area (TPSA) is 126 Å². The number of carbonyl (C=O) groups is 3. The Morgan fingerprint density at radius 1 is 1.50 bits per heavy atom. The molecule has 3 N–H and O–H groups in total. The molecule has 0 saturated carbocycles. The Balaban J connectivity index is 1.91. The van der Waals surface area contributed by atoms with Gasteiger partial charge in [-0.3, -0.25) is 14.5 Å². The summed E-state index contributed by atoms with van der Waals surface area (Å²) >= 11 is 2.07. The van der Waals surface area contributed by atoms with Gasteiger partial charge in [-0.05, 0) is 23.9 Å². The van der Waals surface area contributed by atoms with Crippen LogP contribution in [0.15, 0.2) is 34.6 Å². The number of amides is 1. The molecule has 114 valence electrons. The summed E-state index contributed by atoms with van der Waals surface area (Å²) in [7, 11) is 0. The molecule has 2 aliphatic rings. The lowest BCUT2D eigenvalue weighted by Gasteiger charge is -2.47. The van der Waals surface area contributed by atoms with Gasteiger partial charge in [-0.25, -0.2) is 4.79 Å². The van der Waals surface area contributed by atoms with Crippen LogP contribution >= 0.6 is 23.5 Å². The normalized spacial score (nSPS) is 23.9. The average Bonchev–Trinajstić information content (AvgIpc) is 2.53. The smallest absolute Gasteiger partial charge is 0.353 e. The highest BCUT2D eigenvalue weighted by Crippen LogP contribution is 2.41. The van der Waals surface area contributed by atoms with Crippen LogP contribution in [0.25, 0.3) is 0 Å². The second-order valence-corrected chi connectivity index (χ2v) is 6.62. The molecule has 3 rings (SSSR count). The van der Waals surface area contributed by atoms with Crippen LogP contribution < -0.4 is 5.73 Å². The molecule has 0 bridgehead atoms. The van der Waals surface area contributed by atoms with Gasteiger partial charge in [0.05, 0.1) is 0 Å². The van der Waals surface area contributed by atoms with Crippen LogP contribution in [-0.4, -0.2) is 54.4 Å². The first-order chi connectivity index (χ1) is 10.5. The number of aliphatic carboxylic acids is 1. The quantitative estimate of drug-likeness (QED) is 0.563. The molecule has 22 heavy (non-hydrogen) atoms. The maximum atomic E-state index is 12.3. The van der Waals surface area contributed by atoms with Crippen molar-refractivity contribution in [2.75, 3.05) is 5.75 Å². The number of carboxylic acid groups (broad SMARTS) is 1. The van der Waals surface area contributed by atoms with Crippen molar-refractivity contribution in [1.82, 2.24) is 15.1 Å². The van der Waals surface area contributed by atoms with Crippen molar-refractivity contribution in [1.29, 1.82) is 0 Å². The lowest BCUT2D eigenvalue weighted by molar-refractivity contribution is -0.148. The molecule has 2 atom stereocenters. The van der Waals surface area contributed by atoms with Gasteiger partial charge in [-0.1, -0.05) is 0 Å². The Morgan fingerprint density at radius 2 is 2.27 bits per heavy atom. The van der Waals surface area contributed by atoms with E-state index in [-0.39, 0.29) is 17.0 Å². The highest BCUT2D eigenvalue weighted by atomic mass is 32.2. The van der Waals surface area contributed by atoms with Gasteiger partial charge in [0.1, 0.15) is 22.1 Å². The maximum Gasteiger partial charge on any atom is 0.353 e. The minimum Gasteiger partial charge on any atom is -0.477 e. The van der Waals surface area contributed by atoms with Gasteiger partial charge in [-0.15, -0.1) is 16.9 Å². The van der Waals surface area contributed by atoms with E-state index >= 15 is 0 Å². The average molecular weight is 338 g/mol. The number of hydrogen-bond acceptors (Lipinski definition) is 8. The summed E-state index contributed by atoms with van der Waals surface area (Å²) < 4.78 is 0. The summed E-state index contributed by atoms with van der Waals surface area (Å²) in [6.45, 7) is 0. The van der Waals surface area contributed by atoms with Crippen LogP contribution in [0.4, 0.5) is 0 Å². The van der Waals surface area contributed by atoms with E-state index in [0.29, 0.717) is 5.03 Å². The molecular formula is C12H10N4O4S2. The number of rotatable bonds is 3. The van der Waals surface area contributed by atoms with E-state index < -0.39 is 28.4 Å². The number of thioether (sulfide) groups is 2. The van der Waals surface area contributed by atoms with Gasteiger partial charge in [-0.2, -0.15) is 5.10 Å². The monoisotopic (exact) mass is 338 g/mol. The van der Waals surface area contributed by atoms with Crippen LogP contribution in [0.1, 0.15) is 0 Å². The number of hydrogen-bond donors (Lipinski definition) is 2. The Labute approximate surface area is 133 Å². The molecule has 1 aromatic heterocycles. The van der Waals surface area contributed by atoms with Crippen LogP contribution in [-0.2, 0) is 14.4 Å². The van der Waals surface area contributed by atoms with Crippen LogP contribution in [0.5, 0.6) is 0 Å². The van der Waals surface area contributed by atoms with E-state index in [4.69, 9.17) is 5.73 Å². The number of carbonyl (C=O) groups excluding carboxylic acids is 2. The van der Waals surface area contributed by atoms with Gasteiger partial charge in [0.2, 0.25) is 11.0 Å². The van der Waals surface area contributed by atoms with E-state index in [1.165, 1.54) is 18.0 Å². The van der Waals surface area contributed by atoms with Crippen LogP contribution in [0.3, 0.4) is 0 Å². The molecule has 0 radical (unpaired) electrons. The maximum absolute atomic E-state index is 12.3. The van der Waals surface area contributed by atoms with Gasteiger partial charge in [0.25, 0.3) is 0 Å². The second-order valence-electron chi connectivity index (χ2n) is 4.52. The number of aromatic nitrogens is 2. The fourth-order valence-corrected chi connectivity index (χ4v) is 4.27. The van der Waals surface area contributed by atoms with Crippen molar-refractivity contribution in [2.45, 2.75) is 16.4 Å². The van der Waals surface area contributed by atoms with Gasteiger partial charge in [0.15, 0.2) is 0 Å². The molecule has 10 heteroatoms. The van der Waals surface area contributed by atoms with Crippen LogP contribution in [0.2, 0.25) is 0 Å². The fourth-order valence-electron chi connectivity index (χ4n) is 2.17. The van der Waals surface area contributed by atoms with Crippen molar-refractivity contribution < 1.29 is 19.5 Å². The summed E-state index contributed by atoms with van der Waals surface area (Å²) in [5.41, 5.74) is 5.44. The van der Waals surface area contributed by atoms with Gasteiger partial charge < -0.3 is 10.8 Å². The minimum atomic E-state index is -1.31. The number of carboxylic acids is 1. The number of nitrogens with zero attached hydrogens (tertiary/aromatic N) is 3. The van der Waals surface area contributed by atoms with E-state index in [1.807, 2.05) is 0 Å². The van der Waals surface area contributed by atoms with E-state index in [9.17, 15) is 19.5 Å². The number of nitrogens with two attached hydrogens (primary N) is 1. The Kier molecular flexibility index (Phi) is 3.89. The summed E-state index contributed by atoms with van der Waals surface area (Å²) in [6.07, 6.45) is 1.47. The summed E-state index contributed by atoms with van der Waals surface area (Å²) in [5.74, 6) is -1.60. The van der Waals surface area contributed by atoms with Crippen molar-refractivity contribution in [3.8, 4) is 0 Å². The predicted molar refractivity (Wildman–Crippen MR) is 78.6 cm³/mol. The molecule has 1 unspecified atom stereocenters. The molecule has 0 aromatic carbocycles. The standard InChI is InChI=1S/C12H10N4O4S2/c13-7-9(17)16-8(11(18)19)5(4-21-10(7)16)12(20)22-6-2-1-3-14-15-6/h1-3,7,10H,4,13H2,(H,18,19)/t7?,10-/m0/s1. The molecule has 1 amide bonds. The largest absolute Gasteiger partial charge is 0.477 e. The van der Waals surface area contributed by atoms with E-state index in [2.05, 4.69) is 10.2 Å². The first kappa shape index (κ1) is 15.0. The number of fused-ring (bicyclic) bond motifs is 1. The lowest BCUT2D eigenvalue weighted by atomic mass is 10.0. The number of β-lactam (4-membered cyclic amide) rings is 1. The second kappa shape index (κ2) is 5.71. The molecule has 8 nitrogen and oxygen atoms in total. The first-order valence-corrected chi connectivity index (χ1v) is 8.04. The zero-order chi connectivity index (χ0) is 15.9. The lowest BCUT2D eigenvalue weighted by Crippen LogP contribution is -2.68. The SMILES string of the molecule is NC1C(=O)N2C(C(=O)O)=C(C(=O)Sc3cccnn3)CS[C@@H]12. The van der Waals surface area contributed by atoms with Gasteiger partial charge in [0, 0.05) is 17.5 Å².